The Morgan fingerprint density at radius 3 is 2.31 bits per heavy atom. The van der Waals surface area contributed by atoms with E-state index in [4.69, 9.17) is 11.6 Å². The van der Waals surface area contributed by atoms with Gasteiger partial charge in [-0.15, -0.1) is 0 Å². The first-order valence-corrected chi connectivity index (χ1v) is 4.24. The fourth-order valence-corrected chi connectivity index (χ4v) is 1.38. The van der Waals surface area contributed by atoms with E-state index in [1.165, 1.54) is 0 Å². The molecule has 0 bridgehead atoms. The van der Waals surface area contributed by atoms with Crippen LogP contribution in [-0.2, 0) is 6.18 Å². The van der Waals surface area contributed by atoms with Gasteiger partial charge in [0.05, 0.1) is 23.9 Å². The summed E-state index contributed by atoms with van der Waals surface area (Å²) in [4.78, 5) is 2.95. The lowest BCUT2D eigenvalue weighted by molar-refractivity contribution is -0.141. The summed E-state index contributed by atoms with van der Waals surface area (Å²) < 4.78 is 66.3. The molecule has 0 amide bonds. The van der Waals surface area contributed by atoms with E-state index in [-0.39, 0.29) is 0 Å². The van der Waals surface area contributed by atoms with Crippen molar-refractivity contribution in [3.63, 3.8) is 0 Å². The fraction of sp³-hybridized carbons (Fsp3) is 0.375. The van der Waals surface area contributed by atoms with E-state index in [2.05, 4.69) is 9.72 Å². The minimum Gasteiger partial charge on any atom is -0.495 e. The van der Waals surface area contributed by atoms with Gasteiger partial charge in [0.1, 0.15) is 5.75 Å². The molecule has 1 rings (SSSR count). The van der Waals surface area contributed by atoms with Gasteiger partial charge in [-0.1, -0.05) is 11.6 Å². The summed E-state index contributed by atoms with van der Waals surface area (Å²) in [6.45, 7) is 0. The lowest BCUT2D eigenvalue weighted by Gasteiger charge is -2.13. The van der Waals surface area contributed by atoms with Crippen molar-refractivity contribution in [1.29, 1.82) is 0 Å². The van der Waals surface area contributed by atoms with E-state index >= 15 is 0 Å². The fourth-order valence-electron chi connectivity index (χ4n) is 1.05. The number of hydrogen-bond donors (Lipinski definition) is 0. The summed E-state index contributed by atoms with van der Waals surface area (Å²) in [5.74, 6) is -0.479. The van der Waals surface area contributed by atoms with E-state index < -0.39 is 34.6 Å². The van der Waals surface area contributed by atoms with E-state index in [1.54, 1.807) is 0 Å². The second-order valence-corrected chi connectivity index (χ2v) is 3.08. The van der Waals surface area contributed by atoms with Crippen LogP contribution in [0.4, 0.5) is 22.0 Å². The van der Waals surface area contributed by atoms with E-state index in [0.29, 0.717) is 6.20 Å². The van der Waals surface area contributed by atoms with Gasteiger partial charge in [-0.25, -0.2) is 13.8 Å². The Bertz CT molecular complexity index is 393. The molecular weight excluding hydrogens is 257 g/mol. The molecule has 0 N–H and O–H groups in total. The first-order valence-electron chi connectivity index (χ1n) is 3.86. The van der Waals surface area contributed by atoms with E-state index in [0.717, 1.165) is 7.11 Å². The van der Waals surface area contributed by atoms with Crippen LogP contribution in [0.2, 0.25) is 5.02 Å². The van der Waals surface area contributed by atoms with Crippen molar-refractivity contribution in [2.75, 3.05) is 7.11 Å². The lowest BCUT2D eigenvalue weighted by Crippen LogP contribution is -2.11. The quantitative estimate of drug-likeness (QED) is 0.757. The van der Waals surface area contributed by atoms with Crippen molar-refractivity contribution < 1.29 is 26.7 Å². The number of alkyl halides is 5. The number of halogens is 6. The number of aromatic nitrogens is 1. The zero-order chi connectivity index (χ0) is 12.5. The van der Waals surface area contributed by atoms with Crippen molar-refractivity contribution >= 4 is 11.6 Å². The van der Waals surface area contributed by atoms with Gasteiger partial charge >= 0.3 is 6.18 Å². The summed E-state index contributed by atoms with van der Waals surface area (Å²) >= 11 is 5.23. The molecule has 0 atom stereocenters. The molecule has 1 heterocycles. The van der Waals surface area contributed by atoms with Gasteiger partial charge in [0.25, 0.3) is 6.43 Å². The highest BCUT2D eigenvalue weighted by Gasteiger charge is 2.38. The number of methoxy groups -OCH3 is 1. The van der Waals surface area contributed by atoms with Crippen LogP contribution >= 0.6 is 11.6 Å². The summed E-state index contributed by atoms with van der Waals surface area (Å²) in [5.41, 5.74) is -2.56. The molecule has 90 valence electrons. The van der Waals surface area contributed by atoms with Gasteiger partial charge in [-0.05, 0) is 0 Å². The van der Waals surface area contributed by atoms with Gasteiger partial charge < -0.3 is 4.74 Å². The highest BCUT2D eigenvalue weighted by molar-refractivity contribution is 6.32. The van der Waals surface area contributed by atoms with Crippen molar-refractivity contribution in [2.24, 2.45) is 0 Å². The summed E-state index contributed by atoms with van der Waals surface area (Å²) in [6, 6.07) is 0. The van der Waals surface area contributed by atoms with Gasteiger partial charge in [-0.3, -0.25) is 0 Å². The molecule has 0 aliphatic heterocycles. The normalized spacial score (nSPS) is 12.0. The van der Waals surface area contributed by atoms with Crippen molar-refractivity contribution in [1.82, 2.24) is 4.98 Å². The van der Waals surface area contributed by atoms with Gasteiger partial charge in [0.15, 0.2) is 5.69 Å². The van der Waals surface area contributed by atoms with Crippen LogP contribution in [0.3, 0.4) is 0 Å². The Labute approximate surface area is 92.0 Å². The molecule has 0 saturated carbocycles. The molecule has 0 unspecified atom stereocenters. The topological polar surface area (TPSA) is 22.1 Å². The monoisotopic (exact) mass is 261 g/mol. The maximum Gasteiger partial charge on any atom is 0.434 e. The third-order valence-electron chi connectivity index (χ3n) is 1.73. The number of hydrogen-bond acceptors (Lipinski definition) is 2. The first kappa shape index (κ1) is 13.0. The Hall–Kier alpha value is -1.11. The molecule has 2 nitrogen and oxygen atoms in total. The third kappa shape index (κ3) is 2.34. The molecule has 0 aliphatic carbocycles. The van der Waals surface area contributed by atoms with Crippen LogP contribution in [0.1, 0.15) is 17.7 Å². The highest BCUT2D eigenvalue weighted by atomic mass is 35.5. The minimum absolute atomic E-state index is 0.479. The summed E-state index contributed by atoms with van der Waals surface area (Å²) in [7, 11) is 1.03. The molecule has 16 heavy (non-hydrogen) atoms. The van der Waals surface area contributed by atoms with Crippen LogP contribution < -0.4 is 4.74 Å². The Morgan fingerprint density at radius 1 is 1.38 bits per heavy atom. The van der Waals surface area contributed by atoms with Crippen molar-refractivity contribution in [3.8, 4) is 5.75 Å². The molecule has 8 heteroatoms. The zero-order valence-corrected chi connectivity index (χ0v) is 8.53. The number of nitrogens with zero attached hydrogens (tertiary/aromatic N) is 1. The molecule has 0 spiro atoms. The average molecular weight is 262 g/mol. The Morgan fingerprint density at radius 2 is 1.94 bits per heavy atom. The molecular formula is C8H5ClF5NO. The van der Waals surface area contributed by atoms with Crippen LogP contribution in [0, 0.1) is 0 Å². The van der Waals surface area contributed by atoms with Crippen LogP contribution in [0.25, 0.3) is 0 Å². The maximum absolute atomic E-state index is 12.5. The molecule has 0 aromatic carbocycles. The first-order chi connectivity index (χ1) is 7.29. The SMILES string of the molecule is COc1cnc(C(F)(F)F)c(Cl)c1C(F)F. The molecule has 1 aromatic heterocycles. The van der Waals surface area contributed by atoms with Crippen LogP contribution in [0.15, 0.2) is 6.20 Å². The smallest absolute Gasteiger partial charge is 0.434 e. The molecule has 0 fully saturated rings. The second-order valence-electron chi connectivity index (χ2n) is 2.70. The molecule has 0 aliphatic rings. The number of ether oxygens (including phenoxy) is 1. The zero-order valence-electron chi connectivity index (χ0n) is 7.78. The Balaban J connectivity index is 3.44. The highest BCUT2D eigenvalue weighted by Crippen LogP contribution is 2.41. The van der Waals surface area contributed by atoms with Crippen LogP contribution in [-0.4, -0.2) is 12.1 Å². The standard InChI is InChI=1S/C8H5ClF5NO/c1-16-3-2-15-6(8(12,13)14)5(9)4(3)7(10)11/h2,7H,1H3. The van der Waals surface area contributed by atoms with E-state index in [1.807, 2.05) is 0 Å². The lowest BCUT2D eigenvalue weighted by atomic mass is 10.2. The van der Waals surface area contributed by atoms with Crippen molar-refractivity contribution in [2.45, 2.75) is 12.6 Å². The average Bonchev–Trinajstić information content (AvgIpc) is 2.14. The molecule has 1 aromatic rings. The minimum atomic E-state index is -4.88. The Kier molecular flexibility index (Phi) is 3.57. The summed E-state index contributed by atoms with van der Waals surface area (Å²) in [6.07, 6.45) is -7.49. The molecule has 0 saturated heterocycles. The third-order valence-corrected chi connectivity index (χ3v) is 2.11. The van der Waals surface area contributed by atoms with Crippen molar-refractivity contribution in [3.05, 3.63) is 22.5 Å². The van der Waals surface area contributed by atoms with Crippen LogP contribution in [0.5, 0.6) is 5.75 Å². The van der Waals surface area contributed by atoms with Gasteiger partial charge in [-0.2, -0.15) is 13.2 Å². The van der Waals surface area contributed by atoms with E-state index in [9.17, 15) is 22.0 Å². The molecule has 0 radical (unpaired) electrons. The maximum atomic E-state index is 12.5. The second kappa shape index (κ2) is 4.40. The predicted octanol–water partition coefficient (Wildman–Crippen LogP) is 3.70. The van der Waals surface area contributed by atoms with Gasteiger partial charge in [0, 0.05) is 0 Å². The number of pyridine rings is 1. The number of rotatable bonds is 2. The van der Waals surface area contributed by atoms with Gasteiger partial charge in [0.2, 0.25) is 0 Å². The largest absolute Gasteiger partial charge is 0.495 e. The summed E-state index contributed by atoms with van der Waals surface area (Å²) in [5, 5.41) is -1.14. The predicted molar refractivity (Wildman–Crippen MR) is 45.8 cm³/mol.